The van der Waals surface area contributed by atoms with E-state index in [2.05, 4.69) is 31.2 Å². The van der Waals surface area contributed by atoms with Crippen LogP contribution in [0.2, 0.25) is 0 Å². The predicted octanol–water partition coefficient (Wildman–Crippen LogP) is 6.84. The van der Waals surface area contributed by atoms with Crippen LogP contribution in [-0.4, -0.2) is 13.7 Å². The molecular weight excluding hydrogens is 256 g/mol. The minimum absolute atomic E-state index is 0.928. The molecule has 0 saturated heterocycles. The number of unbranched alkanes of at least 4 members (excludes halogenated alkanes) is 10. The van der Waals surface area contributed by atoms with Crippen molar-refractivity contribution in [1.82, 2.24) is 0 Å². The van der Waals surface area contributed by atoms with Crippen LogP contribution >= 0.6 is 0 Å². The fraction of sp³-hybridized carbons (Fsp3) is 0.800. The van der Waals surface area contributed by atoms with Crippen molar-refractivity contribution in [2.45, 2.75) is 90.4 Å². The highest BCUT2D eigenvalue weighted by atomic mass is 16.5. The molecular formula is C20H38O. The molecule has 0 saturated carbocycles. The minimum Gasteiger partial charge on any atom is -0.385 e. The van der Waals surface area contributed by atoms with Crippen molar-refractivity contribution in [3.63, 3.8) is 0 Å². The Kier molecular flexibility index (Phi) is 18.9. The summed E-state index contributed by atoms with van der Waals surface area (Å²) in [4.78, 5) is 0. The molecule has 0 N–H and O–H groups in total. The predicted molar refractivity (Wildman–Crippen MR) is 95.9 cm³/mol. The standard InChI is InChI=1S/C20H38O/c1-3-4-5-6-7-8-9-10-11-12-13-14-15-16-17-18-19-20-21-2/h7-8,10-11H,3-6,9,12-20H2,1-2H3/b8-7?,11-10-. The summed E-state index contributed by atoms with van der Waals surface area (Å²) in [7, 11) is 1.79. The Hall–Kier alpha value is -0.560. The lowest BCUT2D eigenvalue weighted by atomic mass is 10.1. The Bertz CT molecular complexity index is 230. The van der Waals surface area contributed by atoms with Gasteiger partial charge < -0.3 is 4.74 Å². The summed E-state index contributed by atoms with van der Waals surface area (Å²) in [6.07, 6.45) is 26.5. The number of methoxy groups -OCH3 is 1. The molecule has 0 aliphatic rings. The first-order chi connectivity index (χ1) is 10.4. The summed E-state index contributed by atoms with van der Waals surface area (Å²) in [6.45, 7) is 3.19. The zero-order valence-electron chi connectivity index (χ0n) is 14.6. The number of hydrogen-bond donors (Lipinski definition) is 0. The van der Waals surface area contributed by atoms with Gasteiger partial charge in [-0.2, -0.15) is 0 Å². The van der Waals surface area contributed by atoms with Crippen molar-refractivity contribution in [2.24, 2.45) is 0 Å². The Morgan fingerprint density at radius 1 is 0.619 bits per heavy atom. The summed E-state index contributed by atoms with van der Waals surface area (Å²) in [5.41, 5.74) is 0. The van der Waals surface area contributed by atoms with Gasteiger partial charge in [0.15, 0.2) is 0 Å². The highest BCUT2D eigenvalue weighted by Crippen LogP contribution is 2.09. The zero-order chi connectivity index (χ0) is 15.4. The monoisotopic (exact) mass is 294 g/mol. The van der Waals surface area contributed by atoms with E-state index in [1.54, 1.807) is 7.11 Å². The summed E-state index contributed by atoms with van der Waals surface area (Å²) in [5.74, 6) is 0. The third-order valence-electron chi connectivity index (χ3n) is 3.80. The van der Waals surface area contributed by atoms with E-state index in [9.17, 15) is 0 Å². The maximum absolute atomic E-state index is 5.05. The first kappa shape index (κ1) is 20.4. The van der Waals surface area contributed by atoms with E-state index in [0.29, 0.717) is 0 Å². The minimum atomic E-state index is 0.928. The van der Waals surface area contributed by atoms with Crippen LogP contribution in [0.15, 0.2) is 24.3 Å². The third kappa shape index (κ3) is 19.4. The van der Waals surface area contributed by atoms with Gasteiger partial charge in [-0.15, -0.1) is 0 Å². The van der Waals surface area contributed by atoms with Crippen LogP contribution in [-0.2, 0) is 4.74 Å². The Balaban J connectivity index is 3.11. The van der Waals surface area contributed by atoms with Gasteiger partial charge in [0.25, 0.3) is 0 Å². The molecule has 124 valence electrons. The Morgan fingerprint density at radius 3 is 1.71 bits per heavy atom. The average Bonchev–Trinajstić information content (AvgIpc) is 2.50. The van der Waals surface area contributed by atoms with Gasteiger partial charge in [-0.05, 0) is 38.5 Å². The van der Waals surface area contributed by atoms with Crippen LogP contribution in [0.25, 0.3) is 0 Å². The van der Waals surface area contributed by atoms with Crippen LogP contribution in [0.1, 0.15) is 90.4 Å². The zero-order valence-corrected chi connectivity index (χ0v) is 14.6. The summed E-state index contributed by atoms with van der Waals surface area (Å²) < 4.78 is 5.05. The smallest absolute Gasteiger partial charge is 0.0462 e. The van der Waals surface area contributed by atoms with Crippen molar-refractivity contribution < 1.29 is 4.74 Å². The molecule has 0 heterocycles. The summed E-state index contributed by atoms with van der Waals surface area (Å²) >= 11 is 0. The van der Waals surface area contributed by atoms with E-state index in [1.807, 2.05) is 0 Å². The highest BCUT2D eigenvalue weighted by Gasteiger charge is 1.91. The van der Waals surface area contributed by atoms with Crippen molar-refractivity contribution in [2.75, 3.05) is 13.7 Å². The van der Waals surface area contributed by atoms with Crippen molar-refractivity contribution in [3.8, 4) is 0 Å². The molecule has 21 heavy (non-hydrogen) atoms. The van der Waals surface area contributed by atoms with E-state index in [4.69, 9.17) is 4.74 Å². The van der Waals surface area contributed by atoms with Gasteiger partial charge in [0, 0.05) is 13.7 Å². The molecule has 0 aliphatic carbocycles. The van der Waals surface area contributed by atoms with Gasteiger partial charge in [-0.1, -0.05) is 76.2 Å². The molecule has 0 rings (SSSR count). The molecule has 0 aromatic carbocycles. The molecule has 0 radical (unpaired) electrons. The van der Waals surface area contributed by atoms with Gasteiger partial charge >= 0.3 is 0 Å². The van der Waals surface area contributed by atoms with Crippen LogP contribution in [0.5, 0.6) is 0 Å². The van der Waals surface area contributed by atoms with Crippen molar-refractivity contribution in [1.29, 1.82) is 0 Å². The van der Waals surface area contributed by atoms with E-state index < -0.39 is 0 Å². The molecule has 0 spiro atoms. The van der Waals surface area contributed by atoms with E-state index in [1.165, 1.54) is 77.0 Å². The van der Waals surface area contributed by atoms with Gasteiger partial charge in [0.05, 0.1) is 0 Å². The second kappa shape index (κ2) is 19.4. The molecule has 0 amide bonds. The Labute approximate surface area is 133 Å². The molecule has 0 atom stereocenters. The van der Waals surface area contributed by atoms with Gasteiger partial charge in [-0.3, -0.25) is 0 Å². The molecule has 1 nitrogen and oxygen atoms in total. The fourth-order valence-electron chi connectivity index (χ4n) is 2.41. The maximum atomic E-state index is 5.05. The molecule has 0 fully saturated rings. The largest absolute Gasteiger partial charge is 0.385 e. The molecule has 0 aromatic heterocycles. The quantitative estimate of drug-likeness (QED) is 0.224. The van der Waals surface area contributed by atoms with Crippen LogP contribution in [0.3, 0.4) is 0 Å². The average molecular weight is 295 g/mol. The van der Waals surface area contributed by atoms with Crippen molar-refractivity contribution >= 4 is 0 Å². The summed E-state index contributed by atoms with van der Waals surface area (Å²) in [5, 5.41) is 0. The van der Waals surface area contributed by atoms with Crippen LogP contribution < -0.4 is 0 Å². The summed E-state index contributed by atoms with van der Waals surface area (Å²) in [6, 6.07) is 0. The first-order valence-electron chi connectivity index (χ1n) is 9.20. The molecule has 0 unspecified atom stereocenters. The van der Waals surface area contributed by atoms with Crippen LogP contribution in [0.4, 0.5) is 0 Å². The molecule has 0 aromatic rings. The van der Waals surface area contributed by atoms with E-state index >= 15 is 0 Å². The SMILES string of the molecule is CCCCCC=CC/C=C\CCCCCCCCCOC. The fourth-order valence-corrected chi connectivity index (χ4v) is 2.41. The molecule has 0 aliphatic heterocycles. The van der Waals surface area contributed by atoms with Gasteiger partial charge in [-0.25, -0.2) is 0 Å². The molecule has 1 heteroatoms. The normalized spacial score (nSPS) is 11.9. The lowest BCUT2D eigenvalue weighted by molar-refractivity contribution is 0.192. The lowest BCUT2D eigenvalue weighted by Crippen LogP contribution is -1.88. The van der Waals surface area contributed by atoms with Gasteiger partial charge in [0.2, 0.25) is 0 Å². The number of ether oxygens (including phenoxy) is 1. The Morgan fingerprint density at radius 2 is 1.14 bits per heavy atom. The second-order valence-electron chi connectivity index (χ2n) is 5.93. The van der Waals surface area contributed by atoms with E-state index in [-0.39, 0.29) is 0 Å². The number of rotatable bonds is 16. The third-order valence-corrected chi connectivity index (χ3v) is 3.80. The van der Waals surface area contributed by atoms with Crippen LogP contribution in [0, 0.1) is 0 Å². The highest BCUT2D eigenvalue weighted by molar-refractivity contribution is 4.92. The van der Waals surface area contributed by atoms with E-state index in [0.717, 1.165) is 13.0 Å². The first-order valence-corrected chi connectivity index (χ1v) is 9.20. The van der Waals surface area contributed by atoms with Crippen molar-refractivity contribution in [3.05, 3.63) is 24.3 Å². The van der Waals surface area contributed by atoms with Gasteiger partial charge in [0.1, 0.15) is 0 Å². The topological polar surface area (TPSA) is 9.23 Å². The molecule has 0 bridgehead atoms. The maximum Gasteiger partial charge on any atom is 0.0462 e. The lowest BCUT2D eigenvalue weighted by Gasteiger charge is -2.00. The second-order valence-corrected chi connectivity index (χ2v) is 5.93. The number of hydrogen-bond acceptors (Lipinski definition) is 1. The number of allylic oxidation sites excluding steroid dienone is 4.